The predicted molar refractivity (Wildman–Crippen MR) is 142 cm³/mol. The fraction of sp³-hybridized carbons (Fsp3) is 0.286. The fourth-order valence-electron chi connectivity index (χ4n) is 4.46. The van der Waals surface area contributed by atoms with Gasteiger partial charge in [0.1, 0.15) is 6.54 Å². The third-order valence-electron chi connectivity index (χ3n) is 6.64. The molecule has 4 rings (SSSR count). The number of nitro groups is 1. The van der Waals surface area contributed by atoms with Gasteiger partial charge in [-0.25, -0.2) is 0 Å². The molecule has 8 heteroatoms. The van der Waals surface area contributed by atoms with Crippen LogP contribution >= 0.6 is 11.3 Å². The molecule has 0 unspecified atom stereocenters. The molecule has 1 aliphatic heterocycles. The van der Waals surface area contributed by atoms with Crippen molar-refractivity contribution in [3.05, 3.63) is 104 Å². The van der Waals surface area contributed by atoms with E-state index < -0.39 is 4.92 Å². The van der Waals surface area contributed by atoms with Crippen LogP contribution in [-0.2, 0) is 16.0 Å². The van der Waals surface area contributed by atoms with Crippen molar-refractivity contribution in [3.8, 4) is 0 Å². The standard InChI is InChI=1S/C28H29N3O4S/c1-3-20(2)30(26(32)14-11-21-9-12-23(13-10-21)31(34)35)19-27(33)29-17-15-25-24(16-18-36-25)28(29)22-7-5-4-6-8-22/h4-14,16,18,20,28H,3,15,17,19H2,1-2H3/b14-11+/t20-,28-/m1/s1. The maximum Gasteiger partial charge on any atom is 0.269 e. The number of hydrogen-bond donors (Lipinski definition) is 0. The molecule has 3 aromatic rings. The molecular weight excluding hydrogens is 474 g/mol. The molecular formula is C28H29N3O4S. The first-order valence-corrected chi connectivity index (χ1v) is 12.9. The summed E-state index contributed by atoms with van der Waals surface area (Å²) in [5.74, 6) is -0.348. The van der Waals surface area contributed by atoms with Crippen molar-refractivity contribution in [2.45, 2.75) is 38.8 Å². The Hall–Kier alpha value is -3.78. The van der Waals surface area contributed by atoms with Crippen LogP contribution in [0.25, 0.3) is 6.08 Å². The number of nitrogens with zero attached hydrogens (tertiary/aromatic N) is 3. The molecule has 2 amide bonds. The zero-order chi connectivity index (χ0) is 25.7. The average molecular weight is 504 g/mol. The minimum atomic E-state index is -0.461. The highest BCUT2D eigenvalue weighted by Crippen LogP contribution is 2.37. The van der Waals surface area contributed by atoms with Crippen LogP contribution in [0.3, 0.4) is 0 Å². The van der Waals surface area contributed by atoms with E-state index in [0.29, 0.717) is 18.5 Å². The number of rotatable bonds is 8. The van der Waals surface area contributed by atoms with Crippen molar-refractivity contribution >= 4 is 34.9 Å². The largest absolute Gasteiger partial charge is 0.330 e. The van der Waals surface area contributed by atoms with Crippen molar-refractivity contribution < 1.29 is 14.5 Å². The van der Waals surface area contributed by atoms with E-state index in [9.17, 15) is 19.7 Å². The molecule has 0 N–H and O–H groups in total. The molecule has 7 nitrogen and oxygen atoms in total. The summed E-state index contributed by atoms with van der Waals surface area (Å²) in [5.41, 5.74) is 2.89. The summed E-state index contributed by atoms with van der Waals surface area (Å²) in [4.78, 5) is 42.1. The Labute approximate surface area is 214 Å². The van der Waals surface area contributed by atoms with Gasteiger partial charge in [0.25, 0.3) is 5.69 Å². The smallest absolute Gasteiger partial charge is 0.269 e. The normalized spacial score (nSPS) is 15.9. The number of benzene rings is 2. The minimum absolute atomic E-state index is 0.00594. The first kappa shape index (κ1) is 25.3. The average Bonchev–Trinajstić information content (AvgIpc) is 3.39. The highest BCUT2D eigenvalue weighted by atomic mass is 32.1. The summed E-state index contributed by atoms with van der Waals surface area (Å²) in [6.45, 7) is 4.52. The van der Waals surface area contributed by atoms with Crippen LogP contribution in [0.2, 0.25) is 0 Å². The molecule has 0 bridgehead atoms. The molecule has 1 aromatic heterocycles. The molecule has 0 saturated carbocycles. The monoisotopic (exact) mass is 503 g/mol. The topological polar surface area (TPSA) is 83.8 Å². The van der Waals surface area contributed by atoms with E-state index in [4.69, 9.17) is 0 Å². The number of non-ortho nitro benzene ring substituents is 1. The fourth-order valence-corrected chi connectivity index (χ4v) is 5.36. The number of thiophene rings is 1. The third-order valence-corrected chi connectivity index (χ3v) is 7.63. The number of amides is 2. The molecule has 1 aliphatic rings. The van der Waals surface area contributed by atoms with Crippen LogP contribution in [0.15, 0.2) is 72.1 Å². The van der Waals surface area contributed by atoms with Crippen LogP contribution in [0.1, 0.15) is 47.9 Å². The van der Waals surface area contributed by atoms with Gasteiger partial charge in [-0.05, 0) is 66.1 Å². The number of carbonyl (C=O) groups is 2. The first-order valence-electron chi connectivity index (χ1n) is 12.0. The lowest BCUT2D eigenvalue weighted by Gasteiger charge is -2.38. The number of nitro benzene ring substituents is 1. The number of carbonyl (C=O) groups excluding carboxylic acids is 2. The maximum absolute atomic E-state index is 13.7. The maximum atomic E-state index is 13.7. The van der Waals surface area contributed by atoms with Gasteiger partial charge >= 0.3 is 0 Å². The van der Waals surface area contributed by atoms with Gasteiger partial charge < -0.3 is 9.80 Å². The summed E-state index contributed by atoms with van der Waals surface area (Å²) in [7, 11) is 0. The van der Waals surface area contributed by atoms with Gasteiger partial charge in [-0.1, -0.05) is 37.3 Å². The summed E-state index contributed by atoms with van der Waals surface area (Å²) in [6, 6.07) is 17.8. The van der Waals surface area contributed by atoms with Gasteiger partial charge in [-0.3, -0.25) is 19.7 Å². The van der Waals surface area contributed by atoms with Gasteiger partial charge in [-0.2, -0.15) is 0 Å². The second-order valence-corrected chi connectivity index (χ2v) is 9.86. The number of hydrogen-bond acceptors (Lipinski definition) is 5. The highest BCUT2D eigenvalue weighted by Gasteiger charge is 2.34. The molecule has 2 heterocycles. The zero-order valence-corrected chi connectivity index (χ0v) is 21.2. The Morgan fingerprint density at radius 1 is 1.17 bits per heavy atom. The second kappa shape index (κ2) is 11.3. The molecule has 36 heavy (non-hydrogen) atoms. The van der Waals surface area contributed by atoms with Crippen LogP contribution in [0.5, 0.6) is 0 Å². The Morgan fingerprint density at radius 3 is 2.56 bits per heavy atom. The highest BCUT2D eigenvalue weighted by molar-refractivity contribution is 7.10. The lowest BCUT2D eigenvalue weighted by atomic mass is 9.93. The summed E-state index contributed by atoms with van der Waals surface area (Å²) >= 11 is 1.72. The van der Waals surface area contributed by atoms with Crippen LogP contribution in [0.4, 0.5) is 5.69 Å². The van der Waals surface area contributed by atoms with Crippen molar-refractivity contribution in [1.29, 1.82) is 0 Å². The molecule has 0 aliphatic carbocycles. The van der Waals surface area contributed by atoms with E-state index in [1.165, 1.54) is 23.1 Å². The van der Waals surface area contributed by atoms with E-state index in [0.717, 1.165) is 17.5 Å². The SMILES string of the molecule is CC[C@@H](C)N(CC(=O)N1CCc2sccc2[C@H]1c1ccccc1)C(=O)/C=C/c1ccc([N+](=O)[O-])cc1. The third kappa shape index (κ3) is 5.54. The van der Waals surface area contributed by atoms with Gasteiger partial charge in [0, 0.05) is 35.7 Å². The van der Waals surface area contributed by atoms with E-state index in [1.54, 1.807) is 34.4 Å². The van der Waals surface area contributed by atoms with Crippen molar-refractivity contribution in [3.63, 3.8) is 0 Å². The van der Waals surface area contributed by atoms with Crippen LogP contribution < -0.4 is 0 Å². The molecule has 0 spiro atoms. The molecule has 0 fully saturated rings. The molecule has 0 saturated heterocycles. The van der Waals surface area contributed by atoms with Crippen molar-refractivity contribution in [1.82, 2.24) is 9.80 Å². The zero-order valence-electron chi connectivity index (χ0n) is 20.4. The predicted octanol–water partition coefficient (Wildman–Crippen LogP) is 5.47. The quantitative estimate of drug-likeness (QED) is 0.232. The Balaban J connectivity index is 1.54. The Kier molecular flexibility index (Phi) is 7.95. The summed E-state index contributed by atoms with van der Waals surface area (Å²) < 4.78 is 0. The van der Waals surface area contributed by atoms with Crippen molar-refractivity contribution in [2.24, 2.45) is 0 Å². The lowest BCUT2D eigenvalue weighted by Crippen LogP contribution is -2.48. The van der Waals surface area contributed by atoms with E-state index in [-0.39, 0.29) is 36.1 Å². The van der Waals surface area contributed by atoms with Crippen molar-refractivity contribution in [2.75, 3.05) is 13.1 Å². The number of fused-ring (bicyclic) bond motifs is 1. The van der Waals surface area contributed by atoms with Gasteiger partial charge in [-0.15, -0.1) is 11.3 Å². The first-order chi connectivity index (χ1) is 17.4. The van der Waals surface area contributed by atoms with Crippen LogP contribution in [-0.4, -0.2) is 45.7 Å². The Morgan fingerprint density at radius 2 is 1.89 bits per heavy atom. The lowest BCUT2D eigenvalue weighted by molar-refractivity contribution is -0.384. The van der Waals surface area contributed by atoms with E-state index in [2.05, 4.69) is 11.4 Å². The summed E-state index contributed by atoms with van der Waals surface area (Å²) in [5, 5.41) is 12.9. The van der Waals surface area contributed by atoms with Gasteiger partial charge in [0.05, 0.1) is 11.0 Å². The summed E-state index contributed by atoms with van der Waals surface area (Å²) in [6.07, 6.45) is 4.57. The van der Waals surface area contributed by atoms with E-state index in [1.807, 2.05) is 49.1 Å². The van der Waals surface area contributed by atoms with Crippen LogP contribution in [0, 0.1) is 10.1 Å². The molecule has 0 radical (unpaired) electrons. The van der Waals surface area contributed by atoms with E-state index >= 15 is 0 Å². The van der Waals surface area contributed by atoms with Gasteiger partial charge in [0.2, 0.25) is 11.8 Å². The molecule has 186 valence electrons. The minimum Gasteiger partial charge on any atom is -0.330 e. The van der Waals surface area contributed by atoms with Gasteiger partial charge in [0.15, 0.2) is 0 Å². The second-order valence-electron chi connectivity index (χ2n) is 8.85. The molecule has 2 aromatic carbocycles. The Bertz CT molecular complexity index is 1250. The molecule has 2 atom stereocenters.